The number of carbonyl (C=O) groups excluding carboxylic acids is 1. The first kappa shape index (κ1) is 26.4. The van der Waals surface area contributed by atoms with E-state index in [0.717, 1.165) is 11.6 Å². The van der Waals surface area contributed by atoms with Gasteiger partial charge in [0.1, 0.15) is 23.3 Å². The van der Waals surface area contributed by atoms with Gasteiger partial charge >= 0.3 is 6.18 Å². The highest BCUT2D eigenvalue weighted by atomic mass is 35.5. The van der Waals surface area contributed by atoms with Crippen LogP contribution in [-0.4, -0.2) is 25.0 Å². The van der Waals surface area contributed by atoms with E-state index in [-0.39, 0.29) is 5.91 Å². The summed E-state index contributed by atoms with van der Waals surface area (Å²) >= 11 is 6.17. The number of halogens is 5. The molecule has 3 rings (SSSR count). The van der Waals surface area contributed by atoms with Gasteiger partial charge in [-0.2, -0.15) is 13.2 Å². The number of methoxy groups -OCH3 is 1. The monoisotopic (exact) mass is 509 g/mol. The van der Waals surface area contributed by atoms with Gasteiger partial charge in [0.05, 0.1) is 12.1 Å². The zero-order valence-corrected chi connectivity index (χ0v) is 19.8. The van der Waals surface area contributed by atoms with E-state index < -0.39 is 29.8 Å². The van der Waals surface area contributed by atoms with Crippen LogP contribution in [0.4, 0.5) is 17.6 Å². The number of alkyl halides is 3. The third-order valence-electron chi connectivity index (χ3n) is 5.49. The summed E-state index contributed by atoms with van der Waals surface area (Å²) < 4.78 is 57.3. The molecule has 0 aliphatic rings. The molecule has 186 valence electrons. The predicted molar refractivity (Wildman–Crippen MR) is 125 cm³/mol. The lowest BCUT2D eigenvalue weighted by Gasteiger charge is -2.26. The largest absolute Gasteiger partial charge is 0.495 e. The summed E-state index contributed by atoms with van der Waals surface area (Å²) in [5.41, 5.74) is 0.938. The summed E-state index contributed by atoms with van der Waals surface area (Å²) in [7, 11) is 2.97. The van der Waals surface area contributed by atoms with Crippen LogP contribution in [0.25, 0.3) is 0 Å². The van der Waals surface area contributed by atoms with Crippen molar-refractivity contribution in [1.29, 1.82) is 0 Å². The van der Waals surface area contributed by atoms with E-state index in [9.17, 15) is 22.4 Å². The number of benzene rings is 2. The van der Waals surface area contributed by atoms with Crippen LogP contribution in [0.15, 0.2) is 60.8 Å². The van der Waals surface area contributed by atoms with Crippen LogP contribution in [0, 0.1) is 5.82 Å². The molecule has 1 amide bonds. The molecule has 1 heterocycles. The molecule has 2 N–H and O–H groups in total. The normalized spacial score (nSPS) is 13.2. The molecule has 0 radical (unpaired) electrons. The average molecular weight is 510 g/mol. The number of carbonyl (C=O) groups is 1. The van der Waals surface area contributed by atoms with Gasteiger partial charge in [-0.15, -0.1) is 0 Å². The second kappa shape index (κ2) is 11.5. The molecule has 0 fully saturated rings. The Balaban J connectivity index is 1.91. The Morgan fingerprint density at radius 2 is 1.77 bits per heavy atom. The molecule has 0 bridgehead atoms. The second-order valence-corrected chi connectivity index (χ2v) is 8.21. The molecule has 2 unspecified atom stereocenters. The van der Waals surface area contributed by atoms with E-state index in [1.54, 1.807) is 18.2 Å². The molecule has 10 heteroatoms. The Hall–Kier alpha value is -3.17. The number of hydrogen-bond acceptors (Lipinski definition) is 4. The Kier molecular flexibility index (Phi) is 8.69. The van der Waals surface area contributed by atoms with Crippen LogP contribution in [0.5, 0.6) is 5.75 Å². The highest BCUT2D eigenvalue weighted by Crippen LogP contribution is 2.32. The molecule has 0 saturated carbocycles. The molecule has 0 saturated heterocycles. The third-order valence-corrected chi connectivity index (χ3v) is 5.81. The maximum absolute atomic E-state index is 13.5. The van der Waals surface area contributed by atoms with Crippen molar-refractivity contribution in [1.82, 2.24) is 15.6 Å². The first-order chi connectivity index (χ1) is 16.6. The maximum atomic E-state index is 13.5. The van der Waals surface area contributed by atoms with Crippen molar-refractivity contribution in [3.63, 3.8) is 0 Å². The quantitative estimate of drug-likeness (QED) is 0.366. The summed E-state index contributed by atoms with van der Waals surface area (Å²) in [6.07, 6.45) is -2.54. The van der Waals surface area contributed by atoms with Crippen LogP contribution in [0.2, 0.25) is 5.02 Å². The van der Waals surface area contributed by atoms with Crippen molar-refractivity contribution >= 4 is 17.5 Å². The van der Waals surface area contributed by atoms with Crippen molar-refractivity contribution in [2.24, 2.45) is 0 Å². The average Bonchev–Trinajstić information content (AvgIpc) is 2.84. The van der Waals surface area contributed by atoms with Gasteiger partial charge in [-0.3, -0.25) is 15.1 Å². The zero-order valence-electron chi connectivity index (χ0n) is 19.0. The predicted octanol–water partition coefficient (Wildman–Crippen LogP) is 5.65. The van der Waals surface area contributed by atoms with Crippen LogP contribution in [0.3, 0.4) is 0 Å². The van der Waals surface area contributed by atoms with Crippen molar-refractivity contribution in [2.45, 2.75) is 31.1 Å². The number of rotatable bonds is 9. The fourth-order valence-electron chi connectivity index (χ4n) is 3.61. The minimum Gasteiger partial charge on any atom is -0.495 e. The number of nitrogens with zero attached hydrogens (tertiary/aromatic N) is 1. The van der Waals surface area contributed by atoms with Crippen LogP contribution < -0.4 is 15.4 Å². The molecule has 0 spiro atoms. The molecule has 1 aromatic heterocycles. The van der Waals surface area contributed by atoms with Crippen molar-refractivity contribution in [2.75, 3.05) is 14.2 Å². The Morgan fingerprint density at radius 1 is 1.09 bits per heavy atom. The van der Waals surface area contributed by atoms with Gasteiger partial charge in [-0.25, -0.2) is 4.39 Å². The minimum absolute atomic E-state index is 0.335. The smallest absolute Gasteiger partial charge is 0.433 e. The molecular formula is C25H24ClF4N3O2. The maximum Gasteiger partial charge on any atom is 0.433 e. The first-order valence-corrected chi connectivity index (χ1v) is 11.1. The van der Waals surface area contributed by atoms with Gasteiger partial charge in [0, 0.05) is 19.3 Å². The van der Waals surface area contributed by atoms with Gasteiger partial charge in [0.15, 0.2) is 0 Å². The van der Waals surface area contributed by atoms with Gasteiger partial charge in [0.2, 0.25) is 5.91 Å². The Bertz CT molecular complexity index is 1140. The highest BCUT2D eigenvalue weighted by molar-refractivity contribution is 6.32. The van der Waals surface area contributed by atoms with Gasteiger partial charge in [-0.1, -0.05) is 35.9 Å². The SMILES string of the molecule is CNC(=O)C(NC(CCc1ccc(C(F)(F)F)nc1)c1ccc(Cl)c(OC)c1)c1ccc(F)cc1. The fraction of sp³-hybridized carbons (Fsp3) is 0.280. The van der Waals surface area contributed by atoms with E-state index in [2.05, 4.69) is 15.6 Å². The van der Waals surface area contributed by atoms with Crippen molar-refractivity contribution < 1.29 is 27.1 Å². The molecule has 35 heavy (non-hydrogen) atoms. The van der Waals surface area contributed by atoms with E-state index in [4.69, 9.17) is 16.3 Å². The molecule has 2 aromatic carbocycles. The Morgan fingerprint density at radius 3 is 2.34 bits per heavy atom. The van der Waals surface area contributed by atoms with Gasteiger partial charge in [-0.05, 0) is 59.9 Å². The number of pyridine rings is 1. The summed E-state index contributed by atoms with van der Waals surface area (Å²) in [6.45, 7) is 0. The van der Waals surface area contributed by atoms with E-state index in [1.165, 1.54) is 50.7 Å². The molecule has 0 aliphatic carbocycles. The van der Waals surface area contributed by atoms with Gasteiger partial charge < -0.3 is 10.1 Å². The summed E-state index contributed by atoms with van der Waals surface area (Å²) in [4.78, 5) is 16.2. The number of aryl methyl sites for hydroxylation is 1. The topological polar surface area (TPSA) is 63.2 Å². The van der Waals surface area contributed by atoms with Crippen molar-refractivity contribution in [3.8, 4) is 5.75 Å². The lowest BCUT2D eigenvalue weighted by atomic mass is 9.96. The van der Waals surface area contributed by atoms with Crippen LogP contribution in [0.1, 0.15) is 40.9 Å². The number of ether oxygens (including phenoxy) is 1. The Labute approximate surface area is 205 Å². The minimum atomic E-state index is -4.52. The first-order valence-electron chi connectivity index (χ1n) is 10.7. The number of nitrogens with one attached hydrogen (secondary N) is 2. The van der Waals surface area contributed by atoms with Crippen LogP contribution in [-0.2, 0) is 17.4 Å². The van der Waals surface area contributed by atoms with Crippen LogP contribution >= 0.6 is 11.6 Å². The van der Waals surface area contributed by atoms with Crippen molar-refractivity contribution in [3.05, 3.63) is 94.0 Å². The molecule has 2 atom stereocenters. The number of hydrogen-bond donors (Lipinski definition) is 2. The number of likely N-dealkylation sites (N-methyl/N-ethyl adjacent to an activating group) is 1. The molecule has 3 aromatic rings. The number of aromatic nitrogens is 1. The lowest BCUT2D eigenvalue weighted by molar-refractivity contribution is -0.141. The summed E-state index contributed by atoms with van der Waals surface area (Å²) in [5.74, 6) is -0.331. The molecule has 5 nitrogen and oxygen atoms in total. The third kappa shape index (κ3) is 6.93. The zero-order chi connectivity index (χ0) is 25.6. The summed E-state index contributed by atoms with van der Waals surface area (Å²) in [5, 5.41) is 6.31. The van der Waals surface area contributed by atoms with E-state index >= 15 is 0 Å². The fourth-order valence-corrected chi connectivity index (χ4v) is 3.81. The summed E-state index contributed by atoms with van der Waals surface area (Å²) in [6, 6.07) is 11.8. The van der Waals surface area contributed by atoms with E-state index in [1.807, 2.05) is 0 Å². The number of amides is 1. The van der Waals surface area contributed by atoms with Gasteiger partial charge in [0.25, 0.3) is 0 Å². The molecule has 0 aliphatic heterocycles. The standard InChI is InChI=1S/C25H24ClF4N3O2/c1-31-24(34)23(16-5-8-18(27)9-6-16)33-20(17-7-10-19(26)21(13-17)35-2)11-3-15-4-12-22(32-14-15)25(28,29)30/h4-10,12-14,20,23,33H,3,11H2,1-2H3,(H,31,34). The van der Waals surface area contributed by atoms with E-state index in [0.29, 0.717) is 34.7 Å². The highest BCUT2D eigenvalue weighted by Gasteiger charge is 2.32. The lowest BCUT2D eigenvalue weighted by Crippen LogP contribution is -2.38. The molecular weight excluding hydrogens is 486 g/mol. The second-order valence-electron chi connectivity index (χ2n) is 7.80.